The first-order chi connectivity index (χ1) is 13.4. The van der Waals surface area contributed by atoms with E-state index in [2.05, 4.69) is 0 Å². The van der Waals surface area contributed by atoms with Crippen LogP contribution < -0.4 is 0 Å². The Morgan fingerprint density at radius 3 is 2.07 bits per heavy atom. The van der Waals surface area contributed by atoms with E-state index in [0.29, 0.717) is 10.9 Å². The molecular weight excluding hydrogens is 360 g/mol. The monoisotopic (exact) mass is 378 g/mol. The van der Waals surface area contributed by atoms with Crippen molar-refractivity contribution in [1.82, 2.24) is 0 Å². The van der Waals surface area contributed by atoms with E-state index in [4.69, 9.17) is 9.47 Å². The van der Waals surface area contributed by atoms with Gasteiger partial charge in [0.15, 0.2) is 5.78 Å². The molecule has 0 aliphatic rings. The standard InChI is InChI=1S/C22H18O6/c1-27-21(25)15-9-13(10-16(12-15)22(26)28-2)11-19(23)18-8-7-14-5-3-4-6-17(14)20(18)24/h3-10,12,24H,11H2,1-2H3. The van der Waals surface area contributed by atoms with E-state index in [1.807, 2.05) is 12.1 Å². The summed E-state index contributed by atoms with van der Waals surface area (Å²) in [7, 11) is 2.45. The minimum atomic E-state index is -0.631. The van der Waals surface area contributed by atoms with E-state index in [-0.39, 0.29) is 34.6 Å². The van der Waals surface area contributed by atoms with Crippen LogP contribution in [-0.2, 0) is 15.9 Å². The second-order valence-electron chi connectivity index (χ2n) is 6.18. The summed E-state index contributed by atoms with van der Waals surface area (Å²) in [5, 5.41) is 11.9. The van der Waals surface area contributed by atoms with Gasteiger partial charge in [0.2, 0.25) is 0 Å². The molecule has 3 rings (SSSR count). The normalized spacial score (nSPS) is 10.5. The molecule has 3 aromatic rings. The quantitative estimate of drug-likeness (QED) is 0.539. The molecule has 0 amide bonds. The zero-order valence-electron chi connectivity index (χ0n) is 15.4. The van der Waals surface area contributed by atoms with E-state index in [0.717, 1.165) is 5.39 Å². The largest absolute Gasteiger partial charge is 0.507 e. The van der Waals surface area contributed by atoms with Gasteiger partial charge in [-0.15, -0.1) is 0 Å². The first-order valence-corrected chi connectivity index (χ1v) is 8.49. The van der Waals surface area contributed by atoms with Crippen molar-refractivity contribution >= 4 is 28.5 Å². The molecule has 0 saturated heterocycles. The number of methoxy groups -OCH3 is 2. The van der Waals surface area contributed by atoms with Crippen molar-refractivity contribution in [3.8, 4) is 5.75 Å². The summed E-state index contributed by atoms with van der Waals surface area (Å²) in [6.07, 6.45) is -0.110. The summed E-state index contributed by atoms with van der Waals surface area (Å²) in [4.78, 5) is 36.6. The van der Waals surface area contributed by atoms with E-state index < -0.39 is 11.9 Å². The van der Waals surface area contributed by atoms with Crippen molar-refractivity contribution in [2.24, 2.45) is 0 Å². The number of ketones is 1. The van der Waals surface area contributed by atoms with Crippen LogP contribution in [0.15, 0.2) is 54.6 Å². The Morgan fingerprint density at radius 2 is 1.46 bits per heavy atom. The average Bonchev–Trinajstić information content (AvgIpc) is 2.72. The minimum absolute atomic E-state index is 0.0968. The van der Waals surface area contributed by atoms with Gasteiger partial charge in [-0.1, -0.05) is 30.3 Å². The number of carbonyl (C=O) groups is 3. The Kier molecular flexibility index (Phi) is 5.40. The first-order valence-electron chi connectivity index (χ1n) is 8.49. The van der Waals surface area contributed by atoms with Crippen LogP contribution >= 0.6 is 0 Å². The molecular formula is C22H18O6. The van der Waals surface area contributed by atoms with Crippen LogP contribution in [0, 0.1) is 0 Å². The lowest BCUT2D eigenvalue weighted by molar-refractivity contribution is 0.0598. The smallest absolute Gasteiger partial charge is 0.337 e. The molecule has 6 nitrogen and oxygen atoms in total. The van der Waals surface area contributed by atoms with Crippen molar-refractivity contribution in [2.45, 2.75) is 6.42 Å². The van der Waals surface area contributed by atoms with Crippen molar-refractivity contribution in [1.29, 1.82) is 0 Å². The molecule has 0 unspecified atom stereocenters. The fourth-order valence-corrected chi connectivity index (χ4v) is 3.03. The maximum Gasteiger partial charge on any atom is 0.337 e. The molecule has 28 heavy (non-hydrogen) atoms. The molecule has 0 atom stereocenters. The maximum atomic E-state index is 12.8. The lowest BCUT2D eigenvalue weighted by Gasteiger charge is -2.10. The number of hydrogen-bond donors (Lipinski definition) is 1. The lowest BCUT2D eigenvalue weighted by atomic mass is 9.96. The minimum Gasteiger partial charge on any atom is -0.507 e. The SMILES string of the molecule is COC(=O)c1cc(CC(=O)c2ccc3ccccc3c2O)cc(C(=O)OC)c1. The van der Waals surface area contributed by atoms with Gasteiger partial charge in [0.05, 0.1) is 30.9 Å². The first kappa shape index (κ1) is 19.1. The van der Waals surface area contributed by atoms with Gasteiger partial charge in [-0.3, -0.25) is 4.79 Å². The van der Waals surface area contributed by atoms with Gasteiger partial charge >= 0.3 is 11.9 Å². The number of hydrogen-bond acceptors (Lipinski definition) is 6. The second kappa shape index (κ2) is 7.92. The van der Waals surface area contributed by atoms with Crippen LogP contribution in [-0.4, -0.2) is 37.0 Å². The molecule has 3 aromatic carbocycles. The number of esters is 2. The predicted molar refractivity (Wildman–Crippen MR) is 103 cm³/mol. The van der Waals surface area contributed by atoms with Gasteiger partial charge < -0.3 is 14.6 Å². The molecule has 0 aliphatic heterocycles. The predicted octanol–water partition coefficient (Wildman–Crippen LogP) is 3.54. The molecule has 142 valence electrons. The molecule has 0 aromatic heterocycles. The zero-order chi connectivity index (χ0) is 20.3. The Balaban J connectivity index is 1.98. The van der Waals surface area contributed by atoms with Gasteiger partial charge in [0.25, 0.3) is 0 Å². The highest BCUT2D eigenvalue weighted by Gasteiger charge is 2.18. The van der Waals surface area contributed by atoms with E-state index in [9.17, 15) is 19.5 Å². The number of phenols is 1. The molecule has 0 bridgehead atoms. The molecule has 0 radical (unpaired) electrons. The second-order valence-corrected chi connectivity index (χ2v) is 6.18. The van der Waals surface area contributed by atoms with Crippen LogP contribution in [0.25, 0.3) is 10.8 Å². The van der Waals surface area contributed by atoms with Crippen molar-refractivity contribution in [3.05, 3.63) is 76.9 Å². The highest BCUT2D eigenvalue weighted by atomic mass is 16.5. The summed E-state index contributed by atoms with van der Waals surface area (Å²) in [6.45, 7) is 0. The fourth-order valence-electron chi connectivity index (χ4n) is 3.03. The molecule has 6 heteroatoms. The Morgan fingerprint density at radius 1 is 0.857 bits per heavy atom. The van der Waals surface area contributed by atoms with Gasteiger partial charge in [0, 0.05) is 11.8 Å². The zero-order valence-corrected chi connectivity index (χ0v) is 15.4. The number of rotatable bonds is 5. The Bertz CT molecular complexity index is 1050. The number of benzene rings is 3. The third-order valence-corrected chi connectivity index (χ3v) is 4.40. The third kappa shape index (κ3) is 3.71. The Labute approximate surface area is 161 Å². The van der Waals surface area contributed by atoms with E-state index in [1.165, 1.54) is 32.4 Å². The van der Waals surface area contributed by atoms with Crippen LogP contribution in [0.1, 0.15) is 36.6 Å². The topological polar surface area (TPSA) is 89.9 Å². The summed E-state index contributed by atoms with van der Waals surface area (Å²) < 4.78 is 9.40. The number of fused-ring (bicyclic) bond motifs is 1. The molecule has 0 fully saturated rings. The van der Waals surface area contributed by atoms with Crippen LogP contribution in [0.2, 0.25) is 0 Å². The van der Waals surface area contributed by atoms with Crippen molar-refractivity contribution in [2.75, 3.05) is 14.2 Å². The highest BCUT2D eigenvalue weighted by molar-refractivity contribution is 6.06. The number of phenolic OH excluding ortho intramolecular Hbond substituents is 1. The summed E-state index contributed by atoms with van der Waals surface area (Å²) >= 11 is 0. The number of ether oxygens (including phenoxy) is 2. The summed E-state index contributed by atoms with van der Waals surface area (Å²) in [5.41, 5.74) is 0.870. The van der Waals surface area contributed by atoms with Gasteiger partial charge in [-0.05, 0) is 35.2 Å². The summed E-state index contributed by atoms with van der Waals surface area (Å²) in [5.74, 6) is -1.71. The van der Waals surface area contributed by atoms with Crippen molar-refractivity contribution in [3.63, 3.8) is 0 Å². The van der Waals surface area contributed by atoms with Crippen molar-refractivity contribution < 1.29 is 29.0 Å². The summed E-state index contributed by atoms with van der Waals surface area (Å²) in [6, 6.07) is 14.8. The number of aromatic hydroxyl groups is 1. The van der Waals surface area contributed by atoms with Crippen LogP contribution in [0.3, 0.4) is 0 Å². The molecule has 1 N–H and O–H groups in total. The van der Waals surface area contributed by atoms with Crippen LogP contribution in [0.4, 0.5) is 0 Å². The Hall–Kier alpha value is -3.67. The van der Waals surface area contributed by atoms with Gasteiger partial charge in [-0.25, -0.2) is 9.59 Å². The third-order valence-electron chi connectivity index (χ3n) is 4.40. The van der Waals surface area contributed by atoms with Gasteiger partial charge in [-0.2, -0.15) is 0 Å². The molecule has 0 saturated carbocycles. The molecule has 0 aliphatic carbocycles. The number of carbonyl (C=O) groups excluding carboxylic acids is 3. The fraction of sp³-hybridized carbons (Fsp3) is 0.136. The number of Topliss-reactive ketones (excluding diaryl/α,β-unsaturated/α-hetero) is 1. The average molecular weight is 378 g/mol. The van der Waals surface area contributed by atoms with Gasteiger partial charge in [0.1, 0.15) is 5.75 Å². The maximum absolute atomic E-state index is 12.8. The van der Waals surface area contributed by atoms with Crippen LogP contribution in [0.5, 0.6) is 5.75 Å². The molecule has 0 heterocycles. The van der Waals surface area contributed by atoms with E-state index >= 15 is 0 Å². The lowest BCUT2D eigenvalue weighted by Crippen LogP contribution is -2.10. The highest BCUT2D eigenvalue weighted by Crippen LogP contribution is 2.29. The van der Waals surface area contributed by atoms with E-state index in [1.54, 1.807) is 24.3 Å². The molecule has 0 spiro atoms.